The molecule has 1 N–H and O–H groups in total. The zero-order valence-corrected chi connectivity index (χ0v) is 20.1. The van der Waals surface area contributed by atoms with Crippen molar-refractivity contribution in [3.8, 4) is 0 Å². The molecule has 2 aromatic carbocycles. The number of hydrogen-bond acceptors (Lipinski definition) is 5. The normalized spacial score (nSPS) is 19.6. The van der Waals surface area contributed by atoms with Gasteiger partial charge in [-0.05, 0) is 67.6 Å². The van der Waals surface area contributed by atoms with Crippen LogP contribution in [0.2, 0.25) is 0 Å². The average Bonchev–Trinajstić information content (AvgIpc) is 3.41. The predicted octanol–water partition coefficient (Wildman–Crippen LogP) is 4.05. The summed E-state index contributed by atoms with van der Waals surface area (Å²) in [6.45, 7) is 2.24. The molecule has 1 aliphatic carbocycles. The third-order valence-corrected chi connectivity index (χ3v) is 7.62. The maximum absolute atomic E-state index is 13.2. The second kappa shape index (κ2) is 10.2. The van der Waals surface area contributed by atoms with Crippen molar-refractivity contribution in [1.82, 2.24) is 9.80 Å². The van der Waals surface area contributed by atoms with Gasteiger partial charge in [-0.15, -0.1) is 0 Å². The Labute approximate surface area is 207 Å². The summed E-state index contributed by atoms with van der Waals surface area (Å²) in [4.78, 5) is 46.0. The van der Waals surface area contributed by atoms with Gasteiger partial charge in [-0.1, -0.05) is 23.9 Å². The molecule has 2 fully saturated rings. The molecule has 3 amide bonds. The largest absolute Gasteiger partial charge is 0.351 e. The number of nitrogens with zero attached hydrogens (tertiary/aromatic N) is 3. The Balaban J connectivity index is 1.16. The van der Waals surface area contributed by atoms with Gasteiger partial charge >= 0.3 is 0 Å². The summed E-state index contributed by atoms with van der Waals surface area (Å²) in [6.07, 6.45) is 4.17. The first-order valence-electron chi connectivity index (χ1n) is 12.0. The Kier molecular flexibility index (Phi) is 6.86. The molecule has 35 heavy (non-hydrogen) atoms. The number of hydrogen-bond donors (Lipinski definition) is 1. The molecule has 0 bridgehead atoms. The summed E-state index contributed by atoms with van der Waals surface area (Å²) in [5.74, 6) is -0.904. The Morgan fingerprint density at radius 1 is 1.06 bits per heavy atom. The van der Waals surface area contributed by atoms with Crippen LogP contribution >= 0.6 is 11.8 Å². The molecule has 3 aliphatic rings. The summed E-state index contributed by atoms with van der Waals surface area (Å²) >= 11 is 1.37. The molecule has 9 heteroatoms. The number of halogens is 1. The van der Waals surface area contributed by atoms with Gasteiger partial charge in [-0.2, -0.15) is 4.99 Å². The fraction of sp³-hybridized carbons (Fsp3) is 0.385. The van der Waals surface area contributed by atoms with E-state index in [2.05, 4.69) is 15.2 Å². The van der Waals surface area contributed by atoms with Gasteiger partial charge in [0, 0.05) is 43.3 Å². The lowest BCUT2D eigenvalue weighted by molar-refractivity contribution is -0.121. The van der Waals surface area contributed by atoms with E-state index < -0.39 is 5.25 Å². The number of amidine groups is 1. The van der Waals surface area contributed by atoms with Crippen molar-refractivity contribution in [2.75, 3.05) is 18.4 Å². The van der Waals surface area contributed by atoms with Gasteiger partial charge in [0.1, 0.15) is 11.1 Å². The smallest absolute Gasteiger partial charge is 0.262 e. The molecule has 182 valence electrons. The third kappa shape index (κ3) is 5.73. The number of aliphatic imine (C=N–C) groups is 1. The number of carbonyl (C=O) groups is 3. The number of anilines is 1. The van der Waals surface area contributed by atoms with Gasteiger partial charge < -0.3 is 15.1 Å². The van der Waals surface area contributed by atoms with E-state index in [0.717, 1.165) is 49.5 Å². The van der Waals surface area contributed by atoms with Gasteiger partial charge in [0.15, 0.2) is 5.17 Å². The molecule has 1 saturated heterocycles. The number of nitrogens with one attached hydrogen (secondary N) is 1. The van der Waals surface area contributed by atoms with Crippen LogP contribution in [0.25, 0.3) is 0 Å². The molecule has 0 spiro atoms. The molecule has 7 nitrogen and oxygen atoms in total. The first-order chi connectivity index (χ1) is 17.0. The van der Waals surface area contributed by atoms with Crippen molar-refractivity contribution in [3.63, 3.8) is 0 Å². The zero-order chi connectivity index (χ0) is 24.4. The van der Waals surface area contributed by atoms with Crippen LogP contribution in [0.3, 0.4) is 0 Å². The fourth-order valence-corrected chi connectivity index (χ4v) is 5.45. The monoisotopic (exact) mass is 494 g/mol. The minimum atomic E-state index is -0.495. The van der Waals surface area contributed by atoms with Crippen molar-refractivity contribution in [3.05, 3.63) is 65.5 Å². The molecule has 5 rings (SSSR count). The molecule has 1 saturated carbocycles. The molecule has 0 unspecified atom stereocenters. The van der Waals surface area contributed by atoms with Crippen LogP contribution < -0.4 is 5.32 Å². The molecule has 2 aromatic rings. The fourth-order valence-electron chi connectivity index (χ4n) is 4.33. The van der Waals surface area contributed by atoms with E-state index in [1.807, 2.05) is 4.90 Å². The second-order valence-corrected chi connectivity index (χ2v) is 10.3. The van der Waals surface area contributed by atoms with Crippen LogP contribution in [-0.4, -0.2) is 57.1 Å². The molecule has 0 radical (unpaired) electrons. The van der Waals surface area contributed by atoms with E-state index in [1.165, 1.54) is 23.9 Å². The van der Waals surface area contributed by atoms with Crippen LogP contribution in [0.5, 0.6) is 0 Å². The molecule has 2 heterocycles. The molecular formula is C26H27FN4O3S. The summed E-state index contributed by atoms with van der Waals surface area (Å²) in [7, 11) is 0. The topological polar surface area (TPSA) is 82.1 Å². The standard InChI is InChI=1S/C26H27FN4O3S/c27-19-7-3-17(4-8-19)16-31(21-11-12-21)25(34)18-5-9-20(10-6-18)28-23(32)15-22-24(33)29-26(35-22)30-13-1-2-14-30/h3-10,21-22H,1-2,11-16H2,(H,28,32)/t22-/m1/s1. The Bertz CT molecular complexity index is 1140. The van der Waals surface area contributed by atoms with Crippen LogP contribution in [0.1, 0.15) is 48.0 Å². The number of carbonyl (C=O) groups excluding carboxylic acids is 3. The number of rotatable bonds is 7. The van der Waals surface area contributed by atoms with Crippen LogP contribution in [-0.2, 0) is 16.1 Å². The van der Waals surface area contributed by atoms with E-state index in [9.17, 15) is 18.8 Å². The molecule has 0 aromatic heterocycles. The van der Waals surface area contributed by atoms with Gasteiger partial charge in [-0.25, -0.2) is 4.39 Å². The lowest BCUT2D eigenvalue weighted by Crippen LogP contribution is -2.32. The highest BCUT2D eigenvalue weighted by Crippen LogP contribution is 2.31. The maximum atomic E-state index is 13.2. The SMILES string of the molecule is O=C(C[C@H]1SC(N2CCCC2)=NC1=O)Nc1ccc(C(=O)N(Cc2ccc(F)cc2)C2CC2)cc1. The van der Waals surface area contributed by atoms with E-state index in [4.69, 9.17) is 0 Å². The summed E-state index contributed by atoms with van der Waals surface area (Å²) in [6, 6.07) is 13.2. The first kappa shape index (κ1) is 23.5. The highest BCUT2D eigenvalue weighted by molar-refractivity contribution is 8.15. The maximum Gasteiger partial charge on any atom is 0.262 e. The zero-order valence-electron chi connectivity index (χ0n) is 19.3. The number of benzene rings is 2. The van der Waals surface area contributed by atoms with Gasteiger partial charge in [0.25, 0.3) is 11.8 Å². The minimum Gasteiger partial charge on any atom is -0.351 e. The van der Waals surface area contributed by atoms with Crippen molar-refractivity contribution in [2.24, 2.45) is 4.99 Å². The Hall–Kier alpha value is -3.20. The minimum absolute atomic E-state index is 0.0537. The van der Waals surface area contributed by atoms with Gasteiger partial charge in [0.2, 0.25) is 5.91 Å². The van der Waals surface area contributed by atoms with Gasteiger partial charge in [0.05, 0.1) is 0 Å². The molecular weight excluding hydrogens is 467 g/mol. The van der Waals surface area contributed by atoms with Crippen LogP contribution in [0.4, 0.5) is 10.1 Å². The van der Waals surface area contributed by atoms with Crippen LogP contribution in [0, 0.1) is 5.82 Å². The summed E-state index contributed by atoms with van der Waals surface area (Å²) in [5.41, 5.74) is 1.98. The quantitative estimate of drug-likeness (QED) is 0.628. The third-order valence-electron chi connectivity index (χ3n) is 6.41. The molecule has 2 aliphatic heterocycles. The van der Waals surface area contributed by atoms with Crippen molar-refractivity contribution in [2.45, 2.75) is 49.9 Å². The van der Waals surface area contributed by atoms with Gasteiger partial charge in [-0.3, -0.25) is 14.4 Å². The lowest BCUT2D eigenvalue weighted by atomic mass is 10.1. The number of thioether (sulfide) groups is 1. The van der Waals surface area contributed by atoms with Crippen molar-refractivity contribution >= 4 is 40.3 Å². The predicted molar refractivity (Wildman–Crippen MR) is 134 cm³/mol. The van der Waals surface area contributed by atoms with Crippen LogP contribution in [0.15, 0.2) is 53.5 Å². The average molecular weight is 495 g/mol. The highest BCUT2D eigenvalue weighted by Gasteiger charge is 2.34. The summed E-state index contributed by atoms with van der Waals surface area (Å²) < 4.78 is 13.2. The Morgan fingerprint density at radius 3 is 2.40 bits per heavy atom. The second-order valence-electron chi connectivity index (χ2n) is 9.15. The highest BCUT2D eigenvalue weighted by atomic mass is 32.2. The summed E-state index contributed by atoms with van der Waals surface area (Å²) in [5, 5.41) is 3.06. The molecule has 1 atom stereocenters. The number of likely N-dealkylation sites (tertiary alicyclic amines) is 1. The first-order valence-corrected chi connectivity index (χ1v) is 12.8. The van der Waals surface area contributed by atoms with Crippen molar-refractivity contribution < 1.29 is 18.8 Å². The van der Waals surface area contributed by atoms with E-state index in [0.29, 0.717) is 17.8 Å². The van der Waals surface area contributed by atoms with E-state index in [-0.39, 0.29) is 36.0 Å². The Morgan fingerprint density at radius 2 is 1.74 bits per heavy atom. The van der Waals surface area contributed by atoms with Crippen molar-refractivity contribution in [1.29, 1.82) is 0 Å². The number of amides is 3. The van der Waals surface area contributed by atoms with E-state index >= 15 is 0 Å². The van der Waals surface area contributed by atoms with E-state index in [1.54, 1.807) is 36.4 Å². The lowest BCUT2D eigenvalue weighted by Gasteiger charge is -2.23.